The Hall–Kier alpha value is -3.26. The van der Waals surface area contributed by atoms with Gasteiger partial charge in [-0.3, -0.25) is 19.6 Å². The molecule has 1 amide bonds. The number of hydrogen-bond acceptors (Lipinski definition) is 5. The van der Waals surface area contributed by atoms with E-state index in [1.54, 1.807) is 16.9 Å². The summed E-state index contributed by atoms with van der Waals surface area (Å²) in [4.78, 5) is 22.6. The Morgan fingerprint density at radius 1 is 1.03 bits per heavy atom. The number of ether oxygens (including phenoxy) is 1. The number of halogens is 2. The second-order valence-electron chi connectivity index (χ2n) is 8.24. The number of nitrogens with zero attached hydrogens (tertiary/aromatic N) is 4. The molecule has 0 bridgehead atoms. The van der Waals surface area contributed by atoms with Crippen molar-refractivity contribution in [1.82, 2.24) is 14.7 Å². The highest BCUT2D eigenvalue weighted by molar-refractivity contribution is 6.10. The lowest BCUT2D eigenvalue weighted by atomic mass is 9.97. The van der Waals surface area contributed by atoms with Crippen LogP contribution in [0.15, 0.2) is 70.9 Å². The first-order valence-electron chi connectivity index (χ1n) is 10.6. The minimum atomic E-state index is -3.13. The summed E-state index contributed by atoms with van der Waals surface area (Å²) in [5, 5.41) is 0. The molecular formula is C24H24F2N4O2. The maximum Gasteiger partial charge on any atom is 0.300 e. The van der Waals surface area contributed by atoms with Crippen LogP contribution in [0.4, 0.5) is 8.78 Å². The van der Waals surface area contributed by atoms with Crippen LogP contribution in [0.25, 0.3) is 0 Å². The summed E-state index contributed by atoms with van der Waals surface area (Å²) in [6.07, 6.45) is 0. The zero-order chi connectivity index (χ0) is 22.3. The molecule has 0 aromatic heterocycles. The Morgan fingerprint density at radius 2 is 1.75 bits per heavy atom. The number of carbonyl (C=O) groups excluding carboxylic acids is 1. The number of carbonyl (C=O) groups is 1. The third kappa shape index (κ3) is 3.64. The number of guanidine groups is 1. The molecule has 0 saturated carbocycles. The topological polar surface area (TPSA) is 48.4 Å². The van der Waals surface area contributed by atoms with Gasteiger partial charge in [0.05, 0.1) is 32.3 Å². The van der Waals surface area contributed by atoms with Crippen molar-refractivity contribution in [2.24, 2.45) is 4.99 Å². The van der Waals surface area contributed by atoms with Gasteiger partial charge >= 0.3 is 5.92 Å². The first kappa shape index (κ1) is 20.6. The first-order chi connectivity index (χ1) is 15.5. The molecule has 5 rings (SSSR count). The van der Waals surface area contributed by atoms with E-state index in [4.69, 9.17) is 4.74 Å². The largest absolute Gasteiger partial charge is 0.497 e. The quantitative estimate of drug-likeness (QED) is 0.720. The van der Waals surface area contributed by atoms with Gasteiger partial charge in [0.25, 0.3) is 5.91 Å². The number of hydrogen-bond donors (Lipinski definition) is 0. The molecule has 0 unspecified atom stereocenters. The molecule has 2 aromatic rings. The van der Waals surface area contributed by atoms with Gasteiger partial charge in [0.15, 0.2) is 0 Å². The van der Waals surface area contributed by atoms with E-state index >= 15 is 8.78 Å². The van der Waals surface area contributed by atoms with Gasteiger partial charge in [0.2, 0.25) is 5.96 Å². The minimum Gasteiger partial charge on any atom is -0.497 e. The van der Waals surface area contributed by atoms with Gasteiger partial charge in [0.1, 0.15) is 11.4 Å². The zero-order valence-electron chi connectivity index (χ0n) is 17.8. The van der Waals surface area contributed by atoms with Gasteiger partial charge in [-0.2, -0.15) is 8.78 Å². The minimum absolute atomic E-state index is 0.159. The molecule has 3 aliphatic rings. The summed E-state index contributed by atoms with van der Waals surface area (Å²) in [6.45, 7) is 1.13. The fourth-order valence-electron chi connectivity index (χ4n) is 4.60. The summed E-state index contributed by atoms with van der Waals surface area (Å²) in [5.74, 6) is -2.49. The normalized spacial score (nSPS) is 20.2. The highest BCUT2D eigenvalue weighted by Gasteiger charge is 2.52. The van der Waals surface area contributed by atoms with Gasteiger partial charge in [-0.05, 0) is 23.3 Å². The molecule has 3 heterocycles. The summed E-state index contributed by atoms with van der Waals surface area (Å²) in [6, 6.07) is 16.9. The SMILES string of the molecule is COc1ccc(CN2C(=O)C3=C(N4CCN=C24)C(F)(F)CN(Cc2ccccc2)C3)cc1. The van der Waals surface area contributed by atoms with Crippen LogP contribution in [0, 0.1) is 0 Å². The van der Waals surface area contributed by atoms with Crippen LogP contribution < -0.4 is 4.74 Å². The average Bonchev–Trinajstić information content (AvgIpc) is 3.26. The van der Waals surface area contributed by atoms with Gasteiger partial charge in [-0.1, -0.05) is 42.5 Å². The van der Waals surface area contributed by atoms with Crippen molar-refractivity contribution < 1.29 is 18.3 Å². The van der Waals surface area contributed by atoms with Crippen LogP contribution >= 0.6 is 0 Å². The number of aliphatic imine (C=N–C) groups is 1. The predicted molar refractivity (Wildman–Crippen MR) is 116 cm³/mol. The van der Waals surface area contributed by atoms with Crippen LogP contribution in [-0.4, -0.2) is 65.8 Å². The Labute approximate surface area is 185 Å². The van der Waals surface area contributed by atoms with Crippen LogP contribution in [0.3, 0.4) is 0 Å². The fraction of sp³-hybridized carbons (Fsp3) is 0.333. The summed E-state index contributed by atoms with van der Waals surface area (Å²) in [7, 11) is 1.59. The molecule has 0 fully saturated rings. The standard InChI is InChI=1S/C24H24F2N4O2/c1-32-19-9-7-18(8-10-19)14-30-22(31)20-15-28(13-17-5-3-2-4-6-17)16-24(25,26)21(20)29-12-11-27-23(29)30/h2-10H,11-16H2,1H3. The summed E-state index contributed by atoms with van der Waals surface area (Å²) < 4.78 is 35.9. The number of amides is 1. The monoisotopic (exact) mass is 438 g/mol. The number of methoxy groups -OCH3 is 1. The van der Waals surface area contributed by atoms with Crippen LogP contribution in [0.1, 0.15) is 11.1 Å². The van der Waals surface area contributed by atoms with Crippen molar-refractivity contribution in [2.75, 3.05) is 33.3 Å². The molecule has 32 heavy (non-hydrogen) atoms. The second kappa shape index (κ2) is 8.02. The lowest BCUT2D eigenvalue weighted by molar-refractivity contribution is -0.127. The summed E-state index contributed by atoms with van der Waals surface area (Å²) >= 11 is 0. The zero-order valence-corrected chi connectivity index (χ0v) is 17.8. The number of benzene rings is 2. The van der Waals surface area contributed by atoms with E-state index in [0.717, 1.165) is 11.1 Å². The Bertz CT molecular complexity index is 1080. The van der Waals surface area contributed by atoms with E-state index in [0.29, 0.717) is 31.3 Å². The van der Waals surface area contributed by atoms with Crippen molar-refractivity contribution in [2.45, 2.75) is 19.0 Å². The molecule has 3 aliphatic heterocycles. The molecule has 8 heteroatoms. The number of rotatable bonds is 5. The van der Waals surface area contributed by atoms with Crippen molar-refractivity contribution in [3.63, 3.8) is 0 Å². The van der Waals surface area contributed by atoms with E-state index in [1.165, 1.54) is 4.90 Å². The van der Waals surface area contributed by atoms with Gasteiger partial charge in [-0.25, -0.2) is 0 Å². The van der Waals surface area contributed by atoms with Crippen LogP contribution in [-0.2, 0) is 17.9 Å². The number of fused-ring (bicyclic) bond motifs is 2. The number of alkyl halides is 2. The van der Waals surface area contributed by atoms with Crippen LogP contribution in [0.2, 0.25) is 0 Å². The van der Waals surface area contributed by atoms with Crippen molar-refractivity contribution in [3.8, 4) is 5.75 Å². The molecule has 166 valence electrons. The van der Waals surface area contributed by atoms with Gasteiger partial charge < -0.3 is 9.64 Å². The maximum absolute atomic E-state index is 15.4. The molecule has 6 nitrogen and oxygen atoms in total. The average molecular weight is 438 g/mol. The smallest absolute Gasteiger partial charge is 0.300 e. The van der Waals surface area contributed by atoms with Crippen molar-refractivity contribution in [3.05, 3.63) is 77.0 Å². The Balaban J connectivity index is 1.46. The molecule has 0 N–H and O–H groups in total. The third-order valence-electron chi connectivity index (χ3n) is 6.02. The van der Waals surface area contributed by atoms with E-state index in [-0.39, 0.29) is 24.4 Å². The molecule has 0 atom stereocenters. The maximum atomic E-state index is 15.4. The van der Waals surface area contributed by atoms with Crippen LogP contribution in [0.5, 0.6) is 5.75 Å². The van der Waals surface area contributed by atoms with Gasteiger partial charge in [0, 0.05) is 19.6 Å². The molecule has 0 aliphatic carbocycles. The Morgan fingerprint density at radius 3 is 2.47 bits per heavy atom. The van der Waals surface area contributed by atoms with Crippen molar-refractivity contribution in [1.29, 1.82) is 0 Å². The van der Waals surface area contributed by atoms with Crippen molar-refractivity contribution >= 4 is 11.9 Å². The fourth-order valence-corrected chi connectivity index (χ4v) is 4.60. The molecule has 0 saturated heterocycles. The highest BCUT2D eigenvalue weighted by atomic mass is 19.3. The molecule has 0 spiro atoms. The Kier molecular flexibility index (Phi) is 5.17. The highest BCUT2D eigenvalue weighted by Crippen LogP contribution is 2.40. The second-order valence-corrected chi connectivity index (χ2v) is 8.24. The summed E-state index contributed by atoms with van der Waals surface area (Å²) in [5.41, 5.74) is 1.80. The van der Waals surface area contributed by atoms with E-state index in [9.17, 15) is 4.79 Å². The third-order valence-corrected chi connectivity index (χ3v) is 6.02. The molecule has 0 radical (unpaired) electrons. The predicted octanol–water partition coefficient (Wildman–Crippen LogP) is 3.11. The van der Waals surface area contributed by atoms with E-state index in [2.05, 4.69) is 4.99 Å². The lowest BCUT2D eigenvalue weighted by Crippen LogP contribution is -2.59. The molecule has 2 aromatic carbocycles. The van der Waals surface area contributed by atoms with E-state index < -0.39 is 18.4 Å². The molecular weight excluding hydrogens is 414 g/mol. The first-order valence-corrected chi connectivity index (χ1v) is 10.6. The lowest BCUT2D eigenvalue weighted by Gasteiger charge is -2.45. The van der Waals surface area contributed by atoms with E-state index in [1.807, 2.05) is 54.6 Å². The van der Waals surface area contributed by atoms with Gasteiger partial charge in [-0.15, -0.1) is 0 Å².